The molecule has 3 aromatic rings. The monoisotopic (exact) mass is 410 g/mol. The van der Waals surface area contributed by atoms with Crippen LogP contribution in [0.25, 0.3) is 10.9 Å². The zero-order valence-electron chi connectivity index (χ0n) is 18.7. The third kappa shape index (κ3) is 4.65. The summed E-state index contributed by atoms with van der Waals surface area (Å²) in [6.07, 6.45) is 0. The van der Waals surface area contributed by atoms with Gasteiger partial charge in [0, 0.05) is 17.5 Å². The summed E-state index contributed by atoms with van der Waals surface area (Å²) in [4.78, 5) is 20.2. The number of aromatic amines is 1. The van der Waals surface area contributed by atoms with Crippen LogP contribution in [-0.2, 0) is 6.54 Å². The number of fused-ring (bicyclic) bond motifs is 1. The molecule has 160 valence electrons. The van der Waals surface area contributed by atoms with Crippen LogP contribution in [0.15, 0.2) is 41.2 Å². The number of nitrogens with zero attached hydrogens (tertiary/aromatic N) is 1. The maximum atomic E-state index is 12.6. The number of H-pyrrole nitrogens is 1. The zero-order valence-corrected chi connectivity index (χ0v) is 18.7. The molecule has 1 aromatic heterocycles. The van der Waals surface area contributed by atoms with Crippen molar-refractivity contribution in [2.24, 2.45) is 5.92 Å². The number of aromatic nitrogens is 2. The highest BCUT2D eigenvalue weighted by Crippen LogP contribution is 2.30. The van der Waals surface area contributed by atoms with Crippen molar-refractivity contribution in [3.8, 4) is 11.5 Å². The molecule has 6 heteroatoms. The van der Waals surface area contributed by atoms with Gasteiger partial charge in [-0.15, -0.1) is 0 Å². The van der Waals surface area contributed by atoms with Gasteiger partial charge in [0.2, 0.25) is 0 Å². The van der Waals surface area contributed by atoms with Crippen molar-refractivity contribution in [2.45, 2.75) is 46.2 Å². The minimum atomic E-state index is -0.174. The van der Waals surface area contributed by atoms with Crippen molar-refractivity contribution in [3.05, 3.63) is 63.7 Å². The first-order chi connectivity index (χ1) is 14.3. The number of benzene rings is 2. The molecule has 0 bridgehead atoms. The zero-order chi connectivity index (χ0) is 21.8. The van der Waals surface area contributed by atoms with E-state index >= 15 is 0 Å². The van der Waals surface area contributed by atoms with Crippen LogP contribution >= 0.6 is 0 Å². The molecule has 0 aliphatic heterocycles. The Labute approximate surface area is 177 Å². The Hall–Kier alpha value is -2.86. The van der Waals surface area contributed by atoms with E-state index in [9.17, 15) is 4.79 Å². The van der Waals surface area contributed by atoms with Gasteiger partial charge in [0.25, 0.3) is 5.56 Å². The molecule has 2 aromatic carbocycles. The average Bonchev–Trinajstić information content (AvgIpc) is 2.73. The van der Waals surface area contributed by atoms with E-state index in [4.69, 9.17) is 9.47 Å². The number of ether oxygens (including phenoxy) is 2. The Morgan fingerprint density at radius 3 is 2.13 bits per heavy atom. The van der Waals surface area contributed by atoms with E-state index in [1.807, 2.05) is 0 Å². The molecule has 3 N–H and O–H groups in total. The predicted molar refractivity (Wildman–Crippen MR) is 119 cm³/mol. The maximum Gasteiger partial charge on any atom is 0.259 e. The van der Waals surface area contributed by atoms with Gasteiger partial charge in [-0.05, 0) is 17.5 Å². The lowest BCUT2D eigenvalue weighted by molar-refractivity contribution is -0.718. The van der Waals surface area contributed by atoms with Gasteiger partial charge >= 0.3 is 0 Å². The molecule has 0 amide bonds. The molecular weight excluding hydrogens is 378 g/mol. The first-order valence-corrected chi connectivity index (χ1v) is 10.4. The van der Waals surface area contributed by atoms with E-state index in [1.54, 1.807) is 26.4 Å². The second-order valence-electron chi connectivity index (χ2n) is 8.27. The molecule has 0 aliphatic rings. The standard InChI is InChI=1S/C24H31N3O3/c1-14(2)16-7-9-17(10-8-16)23(15(3)4)25-13-22-26-19-12-21(30-6)20(29-5)11-18(19)24(28)27-22/h7-12,14-15,23,25H,13H2,1-6H3,(H,26,27,28)/p+1/t23-/m0/s1. The van der Waals surface area contributed by atoms with E-state index in [0.29, 0.717) is 46.6 Å². The van der Waals surface area contributed by atoms with Crippen LogP contribution in [0.1, 0.15) is 56.6 Å². The molecule has 6 nitrogen and oxygen atoms in total. The van der Waals surface area contributed by atoms with Crippen LogP contribution in [0.3, 0.4) is 0 Å². The van der Waals surface area contributed by atoms with Crippen LogP contribution in [0.4, 0.5) is 0 Å². The summed E-state index contributed by atoms with van der Waals surface area (Å²) < 4.78 is 10.6. The van der Waals surface area contributed by atoms with Gasteiger partial charge in [-0.1, -0.05) is 52.0 Å². The van der Waals surface area contributed by atoms with E-state index in [1.165, 1.54) is 11.1 Å². The smallest absolute Gasteiger partial charge is 0.259 e. The summed E-state index contributed by atoms with van der Waals surface area (Å²) in [7, 11) is 3.12. The quantitative estimate of drug-likeness (QED) is 0.595. The molecule has 0 unspecified atom stereocenters. The molecule has 1 heterocycles. The average molecular weight is 411 g/mol. The summed E-state index contributed by atoms with van der Waals surface area (Å²) in [5.74, 6) is 2.67. The molecule has 0 aliphatic carbocycles. The summed E-state index contributed by atoms with van der Waals surface area (Å²) in [5.41, 5.74) is 3.05. The lowest BCUT2D eigenvalue weighted by Crippen LogP contribution is -2.85. The topological polar surface area (TPSA) is 80.8 Å². The fourth-order valence-electron chi connectivity index (χ4n) is 3.75. The fraction of sp³-hybridized carbons (Fsp3) is 0.417. The van der Waals surface area contributed by atoms with E-state index in [-0.39, 0.29) is 11.6 Å². The van der Waals surface area contributed by atoms with Crippen molar-refractivity contribution in [2.75, 3.05) is 14.2 Å². The van der Waals surface area contributed by atoms with Gasteiger partial charge < -0.3 is 19.8 Å². The molecule has 30 heavy (non-hydrogen) atoms. The number of methoxy groups -OCH3 is 2. The first kappa shape index (κ1) is 21.8. The van der Waals surface area contributed by atoms with Crippen molar-refractivity contribution in [3.63, 3.8) is 0 Å². The van der Waals surface area contributed by atoms with Gasteiger partial charge in [0.15, 0.2) is 17.3 Å². The van der Waals surface area contributed by atoms with Crippen molar-refractivity contribution in [1.29, 1.82) is 0 Å². The molecule has 0 radical (unpaired) electrons. The fourth-order valence-corrected chi connectivity index (χ4v) is 3.75. The summed E-state index contributed by atoms with van der Waals surface area (Å²) in [6, 6.07) is 12.5. The molecule has 0 saturated heterocycles. The van der Waals surface area contributed by atoms with Gasteiger partial charge in [0.1, 0.15) is 12.6 Å². The van der Waals surface area contributed by atoms with Crippen molar-refractivity contribution >= 4 is 10.9 Å². The maximum absolute atomic E-state index is 12.6. The van der Waals surface area contributed by atoms with Crippen LogP contribution in [-0.4, -0.2) is 24.2 Å². The van der Waals surface area contributed by atoms with Gasteiger partial charge in [-0.2, -0.15) is 0 Å². The Kier molecular flexibility index (Phi) is 6.77. The normalized spacial score (nSPS) is 12.5. The van der Waals surface area contributed by atoms with Crippen molar-refractivity contribution < 1.29 is 14.8 Å². The third-order valence-electron chi connectivity index (χ3n) is 5.53. The van der Waals surface area contributed by atoms with Gasteiger partial charge in [-0.25, -0.2) is 4.98 Å². The van der Waals surface area contributed by atoms with Crippen LogP contribution < -0.4 is 20.3 Å². The molecule has 0 saturated carbocycles. The minimum Gasteiger partial charge on any atom is -0.493 e. The number of nitrogens with one attached hydrogen (secondary N) is 1. The van der Waals surface area contributed by atoms with Gasteiger partial charge in [-0.3, -0.25) is 4.79 Å². The minimum absolute atomic E-state index is 0.174. The second-order valence-corrected chi connectivity index (χ2v) is 8.27. The lowest BCUT2D eigenvalue weighted by atomic mass is 9.93. The number of rotatable bonds is 8. The Morgan fingerprint density at radius 1 is 0.967 bits per heavy atom. The van der Waals surface area contributed by atoms with Gasteiger partial charge in [0.05, 0.1) is 25.1 Å². The number of quaternary nitrogens is 1. The second kappa shape index (κ2) is 9.30. The largest absolute Gasteiger partial charge is 0.493 e. The Balaban J connectivity index is 1.86. The van der Waals surface area contributed by atoms with E-state index in [0.717, 1.165) is 0 Å². The summed E-state index contributed by atoms with van der Waals surface area (Å²) in [6.45, 7) is 9.41. The SMILES string of the molecule is COc1cc2nc(C[NH2+][C@H](c3ccc(C(C)C)cc3)C(C)C)[nH]c(=O)c2cc1OC. The highest BCUT2D eigenvalue weighted by Gasteiger charge is 2.20. The first-order valence-electron chi connectivity index (χ1n) is 10.4. The predicted octanol–water partition coefficient (Wildman–Crippen LogP) is 3.52. The number of nitrogens with two attached hydrogens (primary N) is 1. The van der Waals surface area contributed by atoms with E-state index < -0.39 is 0 Å². The summed E-state index contributed by atoms with van der Waals surface area (Å²) >= 11 is 0. The highest BCUT2D eigenvalue weighted by molar-refractivity contribution is 5.81. The molecular formula is C24H32N3O3+. The Bertz CT molecular complexity index is 1060. The molecule has 3 rings (SSSR count). The van der Waals surface area contributed by atoms with Crippen LogP contribution in [0.5, 0.6) is 11.5 Å². The summed E-state index contributed by atoms with van der Waals surface area (Å²) in [5, 5.41) is 2.72. The van der Waals surface area contributed by atoms with Crippen LogP contribution in [0.2, 0.25) is 0 Å². The lowest BCUT2D eigenvalue weighted by Gasteiger charge is -2.20. The van der Waals surface area contributed by atoms with Crippen LogP contribution in [0, 0.1) is 5.92 Å². The molecule has 0 spiro atoms. The molecule has 1 atom stereocenters. The van der Waals surface area contributed by atoms with Crippen molar-refractivity contribution in [1.82, 2.24) is 9.97 Å². The highest BCUT2D eigenvalue weighted by atomic mass is 16.5. The Morgan fingerprint density at radius 2 is 1.57 bits per heavy atom. The number of hydrogen-bond donors (Lipinski definition) is 2. The third-order valence-corrected chi connectivity index (χ3v) is 5.53. The van der Waals surface area contributed by atoms with E-state index in [2.05, 4.69) is 67.2 Å². The molecule has 0 fully saturated rings. The number of hydrogen-bond acceptors (Lipinski definition) is 4.